The summed E-state index contributed by atoms with van der Waals surface area (Å²) in [6, 6.07) is 60.9. The summed E-state index contributed by atoms with van der Waals surface area (Å²) in [7, 11) is 0. The molecule has 8 aromatic carbocycles. The summed E-state index contributed by atoms with van der Waals surface area (Å²) in [5.74, 6) is 1.94. The summed E-state index contributed by atoms with van der Waals surface area (Å²) in [4.78, 5) is 15.3. The van der Waals surface area contributed by atoms with E-state index in [0.29, 0.717) is 17.5 Å². The second-order valence-corrected chi connectivity index (χ2v) is 17.5. The molecule has 0 atom stereocenters. The monoisotopic (exact) mass is 760 g/mol. The van der Waals surface area contributed by atoms with E-state index in [-0.39, 0.29) is 10.8 Å². The molecule has 0 saturated carbocycles. The van der Waals surface area contributed by atoms with E-state index in [1.54, 1.807) is 0 Å². The van der Waals surface area contributed by atoms with Crippen molar-refractivity contribution in [3.05, 3.63) is 181 Å². The highest BCUT2D eigenvalue weighted by atomic mass is 15.0. The number of para-hydroxylation sites is 1. The van der Waals surface area contributed by atoms with Crippen LogP contribution in [-0.4, -0.2) is 19.5 Å². The predicted molar refractivity (Wildman–Crippen MR) is 246 cm³/mol. The number of nitrogens with zero attached hydrogens (tertiary/aromatic N) is 4. The van der Waals surface area contributed by atoms with Gasteiger partial charge < -0.3 is 4.57 Å². The van der Waals surface area contributed by atoms with Crippen molar-refractivity contribution in [3.63, 3.8) is 0 Å². The first-order chi connectivity index (χ1) is 28.7. The van der Waals surface area contributed by atoms with Crippen molar-refractivity contribution in [2.45, 2.75) is 51.4 Å². The third kappa shape index (κ3) is 5.85. The fourth-order valence-corrected chi connectivity index (χ4v) is 9.60. The smallest absolute Gasteiger partial charge is 0.164 e. The number of fused-ring (bicyclic) bond motifs is 7. The van der Waals surface area contributed by atoms with Crippen molar-refractivity contribution in [2.75, 3.05) is 0 Å². The Morgan fingerprint density at radius 3 is 1.80 bits per heavy atom. The average molecular weight is 761 g/mol. The van der Waals surface area contributed by atoms with Crippen LogP contribution in [-0.2, 0) is 10.8 Å². The van der Waals surface area contributed by atoms with Gasteiger partial charge in [0.15, 0.2) is 17.5 Å². The number of hydrogen-bond acceptors (Lipinski definition) is 3. The Hall–Kier alpha value is -6.91. The first-order valence-corrected chi connectivity index (χ1v) is 20.7. The largest absolute Gasteiger partial charge is 0.309 e. The molecule has 0 bridgehead atoms. The van der Waals surface area contributed by atoms with Crippen LogP contribution in [0.1, 0.15) is 51.7 Å². The molecule has 0 aliphatic heterocycles. The van der Waals surface area contributed by atoms with Crippen LogP contribution in [0.15, 0.2) is 170 Å². The summed E-state index contributed by atoms with van der Waals surface area (Å²) in [6.07, 6.45) is 2.36. The predicted octanol–water partition coefficient (Wildman–Crippen LogP) is 14.3. The van der Waals surface area contributed by atoms with Crippen LogP contribution in [0.3, 0.4) is 0 Å². The maximum Gasteiger partial charge on any atom is 0.164 e. The highest BCUT2D eigenvalue weighted by Crippen LogP contribution is 2.51. The Morgan fingerprint density at radius 2 is 1.00 bits per heavy atom. The minimum atomic E-state index is 0.0776. The Kier molecular flexibility index (Phi) is 7.96. The van der Waals surface area contributed by atoms with E-state index in [0.717, 1.165) is 27.6 Å². The molecule has 1 aliphatic carbocycles. The van der Waals surface area contributed by atoms with Gasteiger partial charge >= 0.3 is 0 Å². The van der Waals surface area contributed by atoms with Gasteiger partial charge in [-0.25, -0.2) is 15.0 Å². The van der Waals surface area contributed by atoms with E-state index >= 15 is 0 Å². The van der Waals surface area contributed by atoms with Gasteiger partial charge in [-0.2, -0.15) is 0 Å². The lowest BCUT2D eigenvalue weighted by molar-refractivity contribution is 0.334. The third-order valence-electron chi connectivity index (χ3n) is 12.9. The average Bonchev–Trinajstić information content (AvgIpc) is 3.61. The van der Waals surface area contributed by atoms with Crippen molar-refractivity contribution in [1.29, 1.82) is 0 Å². The normalized spacial score (nSPS) is 14.6. The van der Waals surface area contributed by atoms with Crippen LogP contribution >= 0.6 is 0 Å². The van der Waals surface area contributed by atoms with Gasteiger partial charge in [0, 0.05) is 32.8 Å². The van der Waals surface area contributed by atoms with E-state index in [4.69, 9.17) is 15.0 Å². The molecule has 0 saturated heterocycles. The van der Waals surface area contributed by atoms with Crippen molar-refractivity contribution < 1.29 is 0 Å². The third-order valence-corrected chi connectivity index (χ3v) is 12.9. The highest BCUT2D eigenvalue weighted by molar-refractivity contribution is 6.13. The van der Waals surface area contributed by atoms with E-state index in [1.165, 1.54) is 73.2 Å². The Balaban J connectivity index is 1.04. The van der Waals surface area contributed by atoms with E-state index < -0.39 is 0 Å². The molecule has 1 aliphatic rings. The van der Waals surface area contributed by atoms with Crippen LogP contribution in [0, 0.1) is 0 Å². The quantitative estimate of drug-likeness (QED) is 0.175. The molecule has 4 heteroatoms. The Morgan fingerprint density at radius 1 is 0.407 bits per heavy atom. The van der Waals surface area contributed by atoms with Crippen LogP contribution < -0.4 is 0 Å². The Bertz CT molecular complexity index is 3260. The molecule has 2 aromatic heterocycles. The zero-order chi connectivity index (χ0) is 39.9. The van der Waals surface area contributed by atoms with Gasteiger partial charge in [-0.05, 0) is 92.4 Å². The molecule has 0 N–H and O–H groups in total. The molecule has 4 nitrogen and oxygen atoms in total. The fraction of sp³-hybridized carbons (Fsp3) is 0.145. The molecule has 11 rings (SSSR count). The minimum Gasteiger partial charge on any atom is -0.309 e. The van der Waals surface area contributed by atoms with Crippen LogP contribution in [0.5, 0.6) is 0 Å². The van der Waals surface area contributed by atoms with Gasteiger partial charge in [0.2, 0.25) is 0 Å². The van der Waals surface area contributed by atoms with Gasteiger partial charge in [0.05, 0.1) is 16.7 Å². The zero-order valence-corrected chi connectivity index (χ0v) is 33.9. The first kappa shape index (κ1) is 35.3. The number of aromatic nitrogens is 4. The second-order valence-electron chi connectivity index (χ2n) is 17.5. The summed E-state index contributed by atoms with van der Waals surface area (Å²) in [5.41, 5.74) is 12.0. The molecule has 0 amide bonds. The van der Waals surface area contributed by atoms with Crippen molar-refractivity contribution in [1.82, 2.24) is 19.5 Å². The summed E-state index contributed by atoms with van der Waals surface area (Å²) in [6.45, 7) is 9.69. The molecule has 10 aromatic rings. The molecule has 59 heavy (non-hydrogen) atoms. The molecular weight excluding hydrogens is 717 g/mol. The van der Waals surface area contributed by atoms with E-state index in [1.807, 2.05) is 18.2 Å². The molecule has 0 unspecified atom stereocenters. The van der Waals surface area contributed by atoms with Gasteiger partial charge in [-0.15, -0.1) is 0 Å². The Labute approximate surface area is 344 Å². The zero-order valence-electron chi connectivity index (χ0n) is 33.9. The molecule has 0 fully saturated rings. The van der Waals surface area contributed by atoms with Gasteiger partial charge in [0.1, 0.15) is 0 Å². The topological polar surface area (TPSA) is 43.6 Å². The van der Waals surface area contributed by atoms with Crippen molar-refractivity contribution >= 4 is 43.4 Å². The standard InChI is InChI=1S/C55H44N4/c1-54(2)31-32-55(3,4)50-45(54)29-30-48-49(50)44-18-10-11-19-47(44)59(48)46-20-12-17-41-34-42(27-28-43(41)46)53-57-51(37-14-6-5-7-15-37)56-52(58-53)38-24-21-36(22-25-38)40-26-23-35-13-8-9-16-39(35)33-40/h5-30,33-34H,31-32H2,1-4H3. The highest BCUT2D eigenvalue weighted by Gasteiger charge is 2.39. The van der Waals surface area contributed by atoms with Gasteiger partial charge in [-0.3, -0.25) is 0 Å². The molecule has 2 heterocycles. The van der Waals surface area contributed by atoms with Crippen LogP contribution in [0.4, 0.5) is 0 Å². The first-order valence-electron chi connectivity index (χ1n) is 20.7. The molecule has 284 valence electrons. The summed E-state index contributed by atoms with van der Waals surface area (Å²) in [5, 5.41) is 7.48. The number of benzene rings is 8. The molecule has 0 radical (unpaired) electrons. The lowest BCUT2D eigenvalue weighted by atomic mass is 9.62. The lowest BCUT2D eigenvalue weighted by Crippen LogP contribution is -2.34. The van der Waals surface area contributed by atoms with Gasteiger partial charge in [0.25, 0.3) is 0 Å². The number of rotatable bonds is 5. The fourth-order valence-electron chi connectivity index (χ4n) is 9.60. The van der Waals surface area contributed by atoms with Crippen LogP contribution in [0.25, 0.3) is 94.3 Å². The van der Waals surface area contributed by atoms with Crippen molar-refractivity contribution in [3.8, 4) is 51.0 Å². The minimum absolute atomic E-state index is 0.0776. The maximum absolute atomic E-state index is 5.14. The second kappa shape index (κ2) is 13.3. The number of hydrogen-bond donors (Lipinski definition) is 0. The molecule has 0 spiro atoms. The van der Waals surface area contributed by atoms with Crippen LogP contribution in [0.2, 0.25) is 0 Å². The SMILES string of the molecule is CC1(C)CCC(C)(C)c2c1ccc1c2c2ccccc2n1-c1cccc2cc(-c3nc(-c4ccccc4)nc(-c4ccc(-c5ccc6ccccc6c5)cc4)n3)ccc12. The van der Waals surface area contributed by atoms with E-state index in [9.17, 15) is 0 Å². The van der Waals surface area contributed by atoms with E-state index in [2.05, 4.69) is 184 Å². The molecular formula is C55H44N4. The lowest BCUT2D eigenvalue weighted by Gasteiger charge is -2.42. The summed E-state index contributed by atoms with van der Waals surface area (Å²) < 4.78 is 2.49. The summed E-state index contributed by atoms with van der Waals surface area (Å²) >= 11 is 0. The van der Waals surface area contributed by atoms with Gasteiger partial charge in [-0.1, -0.05) is 167 Å². The van der Waals surface area contributed by atoms with Crippen molar-refractivity contribution in [2.24, 2.45) is 0 Å². The maximum atomic E-state index is 5.14.